The van der Waals surface area contributed by atoms with Gasteiger partial charge in [-0.05, 0) is 36.7 Å². The van der Waals surface area contributed by atoms with Gasteiger partial charge in [-0.1, -0.05) is 0 Å². The molecule has 8 heteroatoms. The van der Waals surface area contributed by atoms with E-state index in [0.717, 1.165) is 0 Å². The third-order valence-corrected chi connectivity index (χ3v) is 2.62. The van der Waals surface area contributed by atoms with Gasteiger partial charge in [-0.2, -0.15) is 0 Å². The molecular formula is C11H17BrN4O3. The Labute approximate surface area is 119 Å². The fourth-order valence-corrected chi connectivity index (χ4v) is 1.52. The van der Waals surface area contributed by atoms with Crippen LogP contribution in [0.4, 0.5) is 10.6 Å². The summed E-state index contributed by atoms with van der Waals surface area (Å²) in [6.45, 7) is 6.16. The molecule has 1 heterocycles. The fourth-order valence-electron chi connectivity index (χ4n) is 1.17. The molecule has 0 aromatic carbocycles. The van der Waals surface area contributed by atoms with Crippen LogP contribution >= 0.6 is 15.9 Å². The topological polar surface area (TPSA) is 96.1 Å². The van der Waals surface area contributed by atoms with Crippen LogP contribution in [0.25, 0.3) is 0 Å². The molecule has 1 rings (SSSR count). The van der Waals surface area contributed by atoms with Gasteiger partial charge in [-0.3, -0.25) is 4.79 Å². The molecule has 0 aliphatic rings. The standard InChI is InChI=1S/C11H17BrN4O3/c1-11(2,3)19-10(18)14-5-4-13-8-7(12)9(17)16-6-15-8/h6H,4-5H2,1-3H3,(H,14,18)(H2,13,15,16,17). The number of amides is 1. The molecule has 1 amide bonds. The van der Waals surface area contributed by atoms with Crippen molar-refractivity contribution in [1.82, 2.24) is 15.3 Å². The first-order valence-corrected chi connectivity index (χ1v) is 6.53. The minimum absolute atomic E-state index is 0.266. The van der Waals surface area contributed by atoms with E-state index in [1.54, 1.807) is 20.8 Å². The number of alkyl carbamates (subject to hydrolysis) is 1. The van der Waals surface area contributed by atoms with Crippen molar-refractivity contribution in [3.8, 4) is 0 Å². The first-order valence-electron chi connectivity index (χ1n) is 5.73. The Morgan fingerprint density at radius 2 is 2.16 bits per heavy atom. The molecule has 0 fully saturated rings. The second kappa shape index (κ2) is 6.55. The van der Waals surface area contributed by atoms with Crippen molar-refractivity contribution in [2.45, 2.75) is 26.4 Å². The summed E-state index contributed by atoms with van der Waals surface area (Å²) in [5.74, 6) is 0.426. The first kappa shape index (κ1) is 15.5. The third-order valence-electron chi connectivity index (χ3n) is 1.88. The number of rotatable bonds is 4. The zero-order chi connectivity index (χ0) is 14.5. The van der Waals surface area contributed by atoms with Gasteiger partial charge in [0.2, 0.25) is 0 Å². The molecule has 1 aromatic heterocycles. The van der Waals surface area contributed by atoms with Crippen LogP contribution in [0, 0.1) is 0 Å². The molecule has 0 saturated carbocycles. The van der Waals surface area contributed by atoms with Crippen LogP contribution in [0.1, 0.15) is 20.8 Å². The lowest BCUT2D eigenvalue weighted by Gasteiger charge is -2.19. The van der Waals surface area contributed by atoms with Gasteiger partial charge in [0.25, 0.3) is 5.56 Å². The summed E-state index contributed by atoms with van der Waals surface area (Å²) in [4.78, 5) is 29.0. The summed E-state index contributed by atoms with van der Waals surface area (Å²) in [5.41, 5.74) is -0.785. The third kappa shape index (κ3) is 5.73. The van der Waals surface area contributed by atoms with E-state index in [0.29, 0.717) is 23.4 Å². The van der Waals surface area contributed by atoms with E-state index in [2.05, 4.69) is 36.5 Å². The maximum Gasteiger partial charge on any atom is 0.407 e. The number of ether oxygens (including phenoxy) is 1. The van der Waals surface area contributed by atoms with Crippen molar-refractivity contribution in [1.29, 1.82) is 0 Å². The van der Waals surface area contributed by atoms with E-state index in [4.69, 9.17) is 4.74 Å². The lowest BCUT2D eigenvalue weighted by atomic mass is 10.2. The van der Waals surface area contributed by atoms with Gasteiger partial charge >= 0.3 is 6.09 Å². The predicted molar refractivity (Wildman–Crippen MR) is 75.3 cm³/mol. The summed E-state index contributed by atoms with van der Waals surface area (Å²) >= 11 is 3.12. The molecule has 0 spiro atoms. The van der Waals surface area contributed by atoms with Crippen LogP contribution in [0.3, 0.4) is 0 Å². The number of nitrogens with zero attached hydrogens (tertiary/aromatic N) is 1. The van der Waals surface area contributed by atoms with E-state index >= 15 is 0 Å². The molecule has 7 nitrogen and oxygen atoms in total. The largest absolute Gasteiger partial charge is 0.444 e. The smallest absolute Gasteiger partial charge is 0.407 e. The Bertz CT molecular complexity index is 495. The molecule has 0 aliphatic carbocycles. The minimum Gasteiger partial charge on any atom is -0.444 e. The molecule has 0 bridgehead atoms. The van der Waals surface area contributed by atoms with E-state index in [1.165, 1.54) is 6.33 Å². The number of aromatic amines is 1. The average molecular weight is 333 g/mol. The number of H-pyrrole nitrogens is 1. The zero-order valence-electron chi connectivity index (χ0n) is 11.0. The van der Waals surface area contributed by atoms with Crippen LogP contribution in [0.15, 0.2) is 15.6 Å². The summed E-state index contributed by atoms with van der Waals surface area (Å²) in [7, 11) is 0. The van der Waals surface area contributed by atoms with Gasteiger partial charge in [0, 0.05) is 13.1 Å². The van der Waals surface area contributed by atoms with Gasteiger partial charge in [0.15, 0.2) is 0 Å². The van der Waals surface area contributed by atoms with Crippen molar-refractivity contribution < 1.29 is 9.53 Å². The van der Waals surface area contributed by atoms with E-state index in [-0.39, 0.29) is 5.56 Å². The van der Waals surface area contributed by atoms with Crippen LogP contribution in [-0.2, 0) is 4.74 Å². The molecule has 0 atom stereocenters. The fraction of sp³-hybridized carbons (Fsp3) is 0.545. The second-order valence-corrected chi connectivity index (χ2v) is 5.54. The van der Waals surface area contributed by atoms with Crippen molar-refractivity contribution in [3.05, 3.63) is 21.2 Å². The summed E-state index contributed by atoms with van der Waals surface area (Å²) in [6.07, 6.45) is 0.823. The predicted octanol–water partition coefficient (Wildman–Crippen LogP) is 1.47. The number of halogens is 1. The maximum absolute atomic E-state index is 11.4. The van der Waals surface area contributed by atoms with Crippen LogP contribution in [0.5, 0.6) is 0 Å². The highest BCUT2D eigenvalue weighted by Crippen LogP contribution is 2.12. The number of nitrogens with one attached hydrogen (secondary N) is 3. The van der Waals surface area contributed by atoms with Crippen molar-refractivity contribution in [2.24, 2.45) is 0 Å². The molecule has 19 heavy (non-hydrogen) atoms. The van der Waals surface area contributed by atoms with Crippen molar-refractivity contribution >= 4 is 27.8 Å². The molecule has 106 valence electrons. The summed E-state index contributed by atoms with van der Waals surface area (Å²) in [6, 6.07) is 0. The lowest BCUT2D eigenvalue weighted by molar-refractivity contribution is 0.0530. The quantitative estimate of drug-likeness (QED) is 0.725. The van der Waals surface area contributed by atoms with Gasteiger partial charge in [0.1, 0.15) is 15.9 Å². The Kier molecular flexibility index (Phi) is 5.34. The molecule has 0 unspecified atom stereocenters. The van der Waals surface area contributed by atoms with Crippen LogP contribution in [-0.4, -0.2) is 34.8 Å². The van der Waals surface area contributed by atoms with Gasteiger partial charge < -0.3 is 20.4 Å². The van der Waals surface area contributed by atoms with Crippen molar-refractivity contribution in [2.75, 3.05) is 18.4 Å². The van der Waals surface area contributed by atoms with Gasteiger partial charge in [0.05, 0.1) is 6.33 Å². The number of anilines is 1. The first-order chi connectivity index (χ1) is 8.79. The van der Waals surface area contributed by atoms with Crippen molar-refractivity contribution in [3.63, 3.8) is 0 Å². The molecule has 0 radical (unpaired) electrons. The number of hydrogen-bond acceptors (Lipinski definition) is 5. The van der Waals surface area contributed by atoms with Crippen LogP contribution < -0.4 is 16.2 Å². The Hall–Kier alpha value is -1.57. The average Bonchev–Trinajstić information content (AvgIpc) is 2.27. The number of aromatic nitrogens is 2. The normalized spacial score (nSPS) is 10.9. The zero-order valence-corrected chi connectivity index (χ0v) is 12.6. The highest BCUT2D eigenvalue weighted by atomic mass is 79.9. The molecule has 3 N–H and O–H groups in total. The second-order valence-electron chi connectivity index (χ2n) is 4.75. The molecular weight excluding hydrogens is 316 g/mol. The lowest BCUT2D eigenvalue weighted by Crippen LogP contribution is -2.35. The minimum atomic E-state index is -0.519. The van der Waals surface area contributed by atoms with E-state index in [9.17, 15) is 9.59 Å². The SMILES string of the molecule is CC(C)(C)OC(=O)NCCNc1nc[nH]c(=O)c1Br. The molecule has 0 saturated heterocycles. The highest BCUT2D eigenvalue weighted by molar-refractivity contribution is 9.10. The molecule has 0 aliphatic heterocycles. The Morgan fingerprint density at radius 3 is 2.79 bits per heavy atom. The molecule has 1 aromatic rings. The van der Waals surface area contributed by atoms with Gasteiger partial charge in [-0.25, -0.2) is 9.78 Å². The summed E-state index contributed by atoms with van der Waals surface area (Å²) < 4.78 is 5.40. The van der Waals surface area contributed by atoms with Crippen LogP contribution in [0.2, 0.25) is 0 Å². The highest BCUT2D eigenvalue weighted by Gasteiger charge is 2.15. The van der Waals surface area contributed by atoms with Gasteiger partial charge in [-0.15, -0.1) is 0 Å². The maximum atomic E-state index is 11.4. The summed E-state index contributed by atoms with van der Waals surface area (Å²) in [5, 5.41) is 5.51. The van der Waals surface area contributed by atoms with E-state index < -0.39 is 11.7 Å². The Morgan fingerprint density at radius 1 is 1.47 bits per heavy atom. The number of carbonyl (C=O) groups is 1. The van der Waals surface area contributed by atoms with E-state index in [1.807, 2.05) is 0 Å². The number of carbonyl (C=O) groups excluding carboxylic acids is 1. The Balaban J connectivity index is 2.34. The number of hydrogen-bond donors (Lipinski definition) is 3. The monoisotopic (exact) mass is 332 g/mol.